The molecule has 6 nitrogen and oxygen atoms in total. The van der Waals surface area contributed by atoms with Crippen molar-refractivity contribution < 1.29 is 18.8 Å². The summed E-state index contributed by atoms with van der Waals surface area (Å²) in [4.78, 5) is 32.0. The van der Waals surface area contributed by atoms with E-state index in [9.17, 15) is 9.59 Å². The maximum atomic E-state index is 14.0. The van der Waals surface area contributed by atoms with Gasteiger partial charge in [-0.3, -0.25) is 9.59 Å². The molecule has 0 bridgehead atoms. The van der Waals surface area contributed by atoms with Gasteiger partial charge in [-0.25, -0.2) is 4.98 Å². The van der Waals surface area contributed by atoms with Crippen molar-refractivity contribution in [1.29, 1.82) is 0 Å². The number of rotatable bonds is 3. The molecule has 7 heteroatoms. The highest BCUT2D eigenvalue weighted by molar-refractivity contribution is 6.74. The molecule has 3 rings (SSSR count). The number of esters is 1. The topological polar surface area (TPSA) is 70.4 Å². The first-order valence-electron chi connectivity index (χ1n) is 15.8. The summed E-state index contributed by atoms with van der Waals surface area (Å²) in [6.45, 7) is 23.7. The van der Waals surface area contributed by atoms with Crippen LogP contribution in [0, 0.1) is 24.2 Å². The maximum absolute atomic E-state index is 14.0. The lowest BCUT2D eigenvalue weighted by atomic mass is 9.74. The van der Waals surface area contributed by atoms with Crippen LogP contribution in [0.4, 0.5) is 0 Å². The van der Waals surface area contributed by atoms with Crippen LogP contribution in [0.1, 0.15) is 111 Å². The van der Waals surface area contributed by atoms with Gasteiger partial charge in [-0.1, -0.05) is 66.2 Å². The molecule has 0 N–H and O–H groups in total. The number of cyclic esters (lactones) is 1. The fourth-order valence-electron chi connectivity index (χ4n) is 5.82. The van der Waals surface area contributed by atoms with Crippen LogP contribution in [-0.2, 0) is 25.8 Å². The van der Waals surface area contributed by atoms with Gasteiger partial charge >= 0.3 is 5.97 Å². The van der Waals surface area contributed by atoms with E-state index in [1.807, 2.05) is 46.9 Å². The average Bonchev–Trinajstić information content (AvgIpc) is 3.18. The van der Waals surface area contributed by atoms with Crippen molar-refractivity contribution in [2.45, 2.75) is 131 Å². The number of carbonyl (C=O) groups is 2. The predicted molar refractivity (Wildman–Crippen MR) is 175 cm³/mol. The molecule has 1 aliphatic rings. The fourth-order valence-corrected chi connectivity index (χ4v) is 7.29. The van der Waals surface area contributed by atoms with Crippen LogP contribution in [0.25, 0.3) is 11.0 Å². The third kappa shape index (κ3) is 8.01. The van der Waals surface area contributed by atoms with Crippen molar-refractivity contribution in [3.8, 4) is 0 Å². The monoisotopic (exact) mass is 596 g/mol. The standard InChI is InChI=1S/C35H56N2O4Si/c1-23-14-13-15-24(2)32(41-42(11,12)34(5,6)7)25(3)33(39)35(8,9)21-20-31(38)40-30(19-16-23)27-17-18-29-28(22-27)36-26(4)37(29)10/h16-18,22,24-25,30,32H,13-15,19-21H2,1-12H3/b23-16-/t24-,25+,30-,32+/m0/s1. The van der Waals surface area contributed by atoms with E-state index in [1.54, 1.807) is 0 Å². The Morgan fingerprint density at radius 1 is 1.10 bits per heavy atom. The summed E-state index contributed by atoms with van der Waals surface area (Å²) in [5, 5.41) is 0.0554. The second kappa shape index (κ2) is 13.2. The normalized spacial score (nSPS) is 27.0. The Bertz CT molecular complexity index is 1300. The van der Waals surface area contributed by atoms with Gasteiger partial charge in [0, 0.05) is 31.2 Å². The van der Waals surface area contributed by atoms with E-state index < -0.39 is 19.8 Å². The third-order valence-electron chi connectivity index (χ3n) is 10.0. The minimum atomic E-state index is -2.10. The summed E-state index contributed by atoms with van der Waals surface area (Å²) in [5.74, 6) is 0.833. The number of aryl methyl sites for hydroxylation is 2. The summed E-state index contributed by atoms with van der Waals surface area (Å²) >= 11 is 0. The molecule has 0 spiro atoms. The molecule has 0 amide bonds. The minimum Gasteiger partial charge on any atom is -0.457 e. The molecule has 1 aromatic heterocycles. The van der Waals surface area contributed by atoms with Crippen LogP contribution in [0.3, 0.4) is 0 Å². The summed E-state index contributed by atoms with van der Waals surface area (Å²) in [6, 6.07) is 6.14. The van der Waals surface area contributed by atoms with Crippen LogP contribution in [0.5, 0.6) is 0 Å². The first kappa shape index (κ1) is 34.2. The lowest BCUT2D eigenvalue weighted by molar-refractivity contribution is -0.150. The number of ether oxygens (including phenoxy) is 1. The zero-order valence-corrected chi connectivity index (χ0v) is 29.4. The molecule has 234 valence electrons. The highest BCUT2D eigenvalue weighted by Crippen LogP contribution is 2.41. The Kier molecular flexibility index (Phi) is 10.7. The highest BCUT2D eigenvalue weighted by Gasteiger charge is 2.44. The fraction of sp³-hybridized carbons (Fsp3) is 0.686. The molecule has 42 heavy (non-hydrogen) atoms. The van der Waals surface area contributed by atoms with E-state index in [1.165, 1.54) is 5.57 Å². The zero-order chi connectivity index (χ0) is 31.6. The molecule has 2 aromatic rings. The number of carbonyl (C=O) groups excluding carboxylic acids is 2. The Hall–Kier alpha value is -2.25. The molecule has 0 saturated heterocycles. The summed E-state index contributed by atoms with van der Waals surface area (Å²) in [5.41, 5.74) is 3.53. The van der Waals surface area contributed by atoms with E-state index >= 15 is 0 Å². The van der Waals surface area contributed by atoms with Gasteiger partial charge in [0.1, 0.15) is 17.7 Å². The second-order valence-corrected chi connectivity index (χ2v) is 19.7. The first-order valence-corrected chi connectivity index (χ1v) is 18.7. The third-order valence-corrected chi connectivity index (χ3v) is 14.5. The number of benzene rings is 1. The van der Waals surface area contributed by atoms with Crippen LogP contribution in [-0.4, -0.2) is 35.7 Å². The smallest absolute Gasteiger partial charge is 0.306 e. The lowest BCUT2D eigenvalue weighted by Gasteiger charge is -2.43. The Balaban J connectivity index is 1.91. The van der Waals surface area contributed by atoms with Crippen molar-refractivity contribution in [3.63, 3.8) is 0 Å². The van der Waals surface area contributed by atoms with Gasteiger partial charge in [0.05, 0.1) is 17.1 Å². The molecule has 1 aromatic carbocycles. The molecular weight excluding hydrogens is 540 g/mol. The largest absolute Gasteiger partial charge is 0.457 e. The number of nitrogens with zero attached hydrogens (tertiary/aromatic N) is 2. The Morgan fingerprint density at radius 2 is 1.76 bits per heavy atom. The summed E-state index contributed by atoms with van der Waals surface area (Å²) in [6.07, 6.45) is 5.91. The minimum absolute atomic E-state index is 0.0554. The molecule has 1 aliphatic heterocycles. The number of imidazole rings is 1. The molecule has 4 atom stereocenters. The number of fused-ring (bicyclic) bond motifs is 1. The number of hydrogen-bond donors (Lipinski definition) is 0. The SMILES string of the molecule is C/C1=C/C[C@@H](c2ccc3c(c2)nc(C)n3C)OC(=O)CCC(C)(C)C(=O)[C@H](C)[C@H](O[Si](C)(C)C(C)(C)C)[C@@H](C)CCC1. The molecule has 2 heterocycles. The van der Waals surface area contributed by atoms with Crippen molar-refractivity contribution in [1.82, 2.24) is 9.55 Å². The van der Waals surface area contributed by atoms with Gasteiger partial charge in [0.25, 0.3) is 0 Å². The van der Waals surface area contributed by atoms with E-state index in [0.29, 0.717) is 12.8 Å². The maximum Gasteiger partial charge on any atom is 0.306 e. The number of Topliss-reactive ketones (excluding diaryl/α,β-unsaturated/α-hetero) is 1. The molecule has 0 saturated carbocycles. The van der Waals surface area contributed by atoms with Crippen molar-refractivity contribution in [3.05, 3.63) is 41.2 Å². The molecule has 0 aliphatic carbocycles. The first-order chi connectivity index (χ1) is 19.3. The second-order valence-electron chi connectivity index (χ2n) is 15.0. The van der Waals surface area contributed by atoms with Crippen molar-refractivity contribution >= 4 is 31.1 Å². The van der Waals surface area contributed by atoms with Crippen LogP contribution in [0.15, 0.2) is 29.8 Å². The molecule has 0 unspecified atom stereocenters. The average molecular weight is 597 g/mol. The van der Waals surface area contributed by atoms with Gasteiger partial charge in [0.15, 0.2) is 8.32 Å². The summed E-state index contributed by atoms with van der Waals surface area (Å²) < 4.78 is 15.2. The van der Waals surface area contributed by atoms with Gasteiger partial charge < -0.3 is 13.7 Å². The predicted octanol–water partition coefficient (Wildman–Crippen LogP) is 9.02. The van der Waals surface area contributed by atoms with Gasteiger partial charge in [-0.2, -0.15) is 0 Å². The Morgan fingerprint density at radius 3 is 2.40 bits per heavy atom. The van der Waals surface area contributed by atoms with Crippen LogP contribution < -0.4 is 0 Å². The molecule has 0 fully saturated rings. The zero-order valence-electron chi connectivity index (χ0n) is 28.4. The van der Waals surface area contributed by atoms with E-state index in [-0.39, 0.29) is 41.2 Å². The molecular formula is C35H56N2O4Si. The summed E-state index contributed by atoms with van der Waals surface area (Å²) in [7, 11) is -0.0929. The van der Waals surface area contributed by atoms with Crippen LogP contribution in [0.2, 0.25) is 18.1 Å². The number of hydrogen-bond acceptors (Lipinski definition) is 5. The number of aromatic nitrogens is 2. The van der Waals surface area contributed by atoms with E-state index in [4.69, 9.17) is 14.1 Å². The van der Waals surface area contributed by atoms with Crippen molar-refractivity contribution in [2.75, 3.05) is 0 Å². The van der Waals surface area contributed by atoms with Gasteiger partial charge in [-0.05, 0) is 81.3 Å². The molecule has 0 radical (unpaired) electrons. The number of ketones is 1. The lowest BCUT2D eigenvalue weighted by Crippen LogP contribution is -2.50. The van der Waals surface area contributed by atoms with Gasteiger partial charge in [-0.15, -0.1) is 0 Å². The van der Waals surface area contributed by atoms with Crippen molar-refractivity contribution in [2.24, 2.45) is 24.3 Å². The Labute approximate surface area is 255 Å². The number of allylic oxidation sites excluding steroid dienone is 1. The van der Waals surface area contributed by atoms with Gasteiger partial charge in [0.2, 0.25) is 0 Å². The van der Waals surface area contributed by atoms with Crippen LogP contribution >= 0.6 is 0 Å². The highest BCUT2D eigenvalue weighted by atomic mass is 28.4. The quantitative estimate of drug-likeness (QED) is 0.201. The van der Waals surface area contributed by atoms with E-state index in [2.05, 4.69) is 64.4 Å². The van der Waals surface area contributed by atoms with E-state index in [0.717, 1.165) is 41.7 Å².